The van der Waals surface area contributed by atoms with E-state index < -0.39 is 11.7 Å². The molecule has 0 aliphatic carbocycles. The summed E-state index contributed by atoms with van der Waals surface area (Å²) in [6, 6.07) is 17.2. The molecule has 28 heavy (non-hydrogen) atoms. The third-order valence-electron chi connectivity index (χ3n) is 5.31. The number of hydrogen-bond acceptors (Lipinski definition) is 4. The first-order chi connectivity index (χ1) is 13.5. The van der Waals surface area contributed by atoms with Crippen LogP contribution in [-0.4, -0.2) is 58.9 Å². The first-order valence-electron chi connectivity index (χ1n) is 9.63. The number of benzene rings is 2. The van der Waals surface area contributed by atoms with Crippen molar-refractivity contribution in [3.63, 3.8) is 0 Å². The van der Waals surface area contributed by atoms with E-state index in [-0.39, 0.29) is 12.5 Å². The van der Waals surface area contributed by atoms with Crippen LogP contribution in [0.2, 0.25) is 5.02 Å². The summed E-state index contributed by atoms with van der Waals surface area (Å²) in [5.41, 5.74) is 0.890. The molecule has 1 amide bonds. The lowest BCUT2D eigenvalue weighted by atomic mass is 9.88. The Hall–Kier alpha value is -1.92. The molecule has 0 radical (unpaired) electrons. The van der Waals surface area contributed by atoms with E-state index in [1.54, 1.807) is 4.90 Å². The third-order valence-corrected chi connectivity index (χ3v) is 5.57. The van der Waals surface area contributed by atoms with Gasteiger partial charge < -0.3 is 20.4 Å². The Bertz CT molecular complexity index is 769. The van der Waals surface area contributed by atoms with Crippen molar-refractivity contribution in [2.24, 2.45) is 0 Å². The topological polar surface area (TPSA) is 72.8 Å². The predicted octanol–water partition coefficient (Wildman–Crippen LogP) is 2.04. The zero-order valence-electron chi connectivity index (χ0n) is 15.9. The summed E-state index contributed by atoms with van der Waals surface area (Å²) in [6.07, 6.45) is 0.503. The van der Waals surface area contributed by atoms with E-state index in [2.05, 4.69) is 5.32 Å². The Morgan fingerprint density at radius 2 is 1.86 bits per heavy atom. The van der Waals surface area contributed by atoms with E-state index in [1.807, 2.05) is 54.6 Å². The van der Waals surface area contributed by atoms with Crippen LogP contribution < -0.4 is 5.32 Å². The number of aliphatic hydroxyl groups excluding tert-OH is 1. The second-order valence-electron chi connectivity index (χ2n) is 7.42. The number of amides is 1. The molecule has 1 saturated heterocycles. The molecule has 5 nitrogen and oxygen atoms in total. The van der Waals surface area contributed by atoms with Gasteiger partial charge in [0.1, 0.15) is 11.7 Å². The number of piperidine rings is 1. The number of nitrogens with one attached hydrogen (secondary N) is 1. The Kier molecular flexibility index (Phi) is 7.08. The summed E-state index contributed by atoms with van der Waals surface area (Å²) in [7, 11) is 0. The molecule has 0 aromatic heterocycles. The highest BCUT2D eigenvalue weighted by atomic mass is 35.5. The standard InChI is InChI=1S/C22H27ClN2O3/c23-19-8-6-17(7-9-19)10-12-24-16-22(28)11-13-25(15-20(22)26)21(27)14-18-4-2-1-3-5-18/h1-9,20,24,26,28H,10-16H2/t20-,22-/m0/s1. The van der Waals surface area contributed by atoms with Crippen molar-refractivity contribution in [2.45, 2.75) is 31.0 Å². The van der Waals surface area contributed by atoms with Crippen molar-refractivity contribution in [3.05, 3.63) is 70.7 Å². The van der Waals surface area contributed by atoms with Crippen LogP contribution in [0.5, 0.6) is 0 Å². The zero-order chi connectivity index (χ0) is 20.0. The Morgan fingerprint density at radius 1 is 1.14 bits per heavy atom. The first kappa shape index (κ1) is 20.8. The van der Waals surface area contributed by atoms with Crippen LogP contribution in [0.1, 0.15) is 17.5 Å². The van der Waals surface area contributed by atoms with Gasteiger partial charge in [-0.05, 0) is 42.6 Å². The van der Waals surface area contributed by atoms with Crippen molar-refractivity contribution >= 4 is 17.5 Å². The van der Waals surface area contributed by atoms with Gasteiger partial charge in [-0.25, -0.2) is 0 Å². The molecule has 2 aromatic rings. The predicted molar refractivity (Wildman–Crippen MR) is 110 cm³/mol. The molecule has 0 spiro atoms. The normalized spacial score (nSPS) is 22.2. The number of carbonyl (C=O) groups excluding carboxylic acids is 1. The minimum atomic E-state index is -1.22. The molecule has 3 rings (SSSR count). The highest BCUT2D eigenvalue weighted by Crippen LogP contribution is 2.23. The van der Waals surface area contributed by atoms with Crippen LogP contribution in [0.25, 0.3) is 0 Å². The van der Waals surface area contributed by atoms with Crippen LogP contribution in [0.3, 0.4) is 0 Å². The number of rotatable bonds is 7. The molecule has 0 bridgehead atoms. The average molecular weight is 403 g/mol. The molecule has 2 atom stereocenters. The third kappa shape index (κ3) is 5.55. The first-order valence-corrected chi connectivity index (χ1v) is 10.0. The van der Waals surface area contributed by atoms with Crippen molar-refractivity contribution in [2.75, 3.05) is 26.2 Å². The van der Waals surface area contributed by atoms with Gasteiger partial charge in [0.15, 0.2) is 0 Å². The van der Waals surface area contributed by atoms with Crippen LogP contribution in [-0.2, 0) is 17.6 Å². The van der Waals surface area contributed by atoms with E-state index in [4.69, 9.17) is 11.6 Å². The summed E-state index contributed by atoms with van der Waals surface area (Å²) < 4.78 is 0. The van der Waals surface area contributed by atoms with Gasteiger partial charge in [0.05, 0.1) is 6.42 Å². The summed E-state index contributed by atoms with van der Waals surface area (Å²) in [5.74, 6) is -0.0250. The van der Waals surface area contributed by atoms with Crippen LogP contribution >= 0.6 is 11.6 Å². The van der Waals surface area contributed by atoms with Crippen LogP contribution in [0.4, 0.5) is 0 Å². The maximum Gasteiger partial charge on any atom is 0.227 e. The summed E-state index contributed by atoms with van der Waals surface area (Å²) >= 11 is 5.88. The summed E-state index contributed by atoms with van der Waals surface area (Å²) in [5, 5.41) is 25.2. The zero-order valence-corrected chi connectivity index (χ0v) is 16.6. The monoisotopic (exact) mass is 402 g/mol. The molecule has 2 aromatic carbocycles. The number of β-amino-alcohol motifs (C(OH)–C–C–N with tert-alkyl or cyclic N) is 1. The van der Waals surface area contributed by atoms with Crippen LogP contribution in [0, 0.1) is 0 Å². The van der Waals surface area contributed by atoms with E-state index in [0.29, 0.717) is 37.5 Å². The van der Waals surface area contributed by atoms with Crippen molar-refractivity contribution in [1.29, 1.82) is 0 Å². The molecule has 3 N–H and O–H groups in total. The molecule has 150 valence electrons. The smallest absolute Gasteiger partial charge is 0.227 e. The highest BCUT2D eigenvalue weighted by molar-refractivity contribution is 6.30. The number of carbonyl (C=O) groups is 1. The fourth-order valence-electron chi connectivity index (χ4n) is 3.47. The maximum absolute atomic E-state index is 12.5. The minimum Gasteiger partial charge on any atom is -0.388 e. The summed E-state index contributed by atoms with van der Waals surface area (Å²) in [6.45, 7) is 1.58. The van der Waals surface area contributed by atoms with Gasteiger partial charge in [0.25, 0.3) is 0 Å². The number of hydrogen-bond donors (Lipinski definition) is 3. The van der Waals surface area contributed by atoms with Gasteiger partial charge in [-0.15, -0.1) is 0 Å². The van der Waals surface area contributed by atoms with Crippen LogP contribution in [0.15, 0.2) is 54.6 Å². The van der Waals surface area contributed by atoms with Gasteiger partial charge in [-0.3, -0.25) is 4.79 Å². The summed E-state index contributed by atoms with van der Waals surface area (Å²) in [4.78, 5) is 14.1. The van der Waals surface area contributed by atoms with E-state index >= 15 is 0 Å². The van der Waals surface area contributed by atoms with E-state index in [1.165, 1.54) is 0 Å². The Balaban J connectivity index is 1.44. The van der Waals surface area contributed by atoms with Gasteiger partial charge in [0, 0.05) is 24.7 Å². The Morgan fingerprint density at radius 3 is 2.54 bits per heavy atom. The molecule has 0 unspecified atom stereocenters. The van der Waals surface area contributed by atoms with E-state index in [0.717, 1.165) is 17.5 Å². The molecular formula is C22H27ClN2O3. The Labute approximate surface area is 170 Å². The quantitative estimate of drug-likeness (QED) is 0.620. The lowest BCUT2D eigenvalue weighted by Crippen LogP contribution is -2.60. The largest absolute Gasteiger partial charge is 0.388 e. The molecule has 6 heteroatoms. The highest BCUT2D eigenvalue weighted by Gasteiger charge is 2.41. The lowest BCUT2D eigenvalue weighted by Gasteiger charge is -2.42. The fraction of sp³-hybridized carbons (Fsp3) is 0.409. The second-order valence-corrected chi connectivity index (χ2v) is 7.86. The maximum atomic E-state index is 12.5. The number of halogens is 1. The SMILES string of the molecule is O=C(Cc1ccccc1)N1CC[C@](O)(CNCCc2ccc(Cl)cc2)[C@@H](O)C1. The molecule has 1 aliphatic rings. The lowest BCUT2D eigenvalue weighted by molar-refractivity contribution is -0.148. The minimum absolute atomic E-state index is 0.0250. The average Bonchev–Trinajstić information content (AvgIpc) is 2.70. The van der Waals surface area contributed by atoms with Crippen molar-refractivity contribution in [1.82, 2.24) is 10.2 Å². The molecule has 1 aliphatic heterocycles. The van der Waals surface area contributed by atoms with Gasteiger partial charge in [-0.2, -0.15) is 0 Å². The molecule has 1 heterocycles. The molecule has 1 fully saturated rings. The second kappa shape index (κ2) is 9.52. The van der Waals surface area contributed by atoms with Gasteiger partial charge in [-0.1, -0.05) is 54.1 Å². The fourth-order valence-corrected chi connectivity index (χ4v) is 3.59. The molecular weight excluding hydrogens is 376 g/mol. The van der Waals surface area contributed by atoms with Gasteiger partial charge >= 0.3 is 0 Å². The van der Waals surface area contributed by atoms with Gasteiger partial charge in [0.2, 0.25) is 5.91 Å². The number of aliphatic hydroxyl groups is 2. The van der Waals surface area contributed by atoms with Crippen molar-refractivity contribution in [3.8, 4) is 0 Å². The molecule has 0 saturated carbocycles. The van der Waals surface area contributed by atoms with E-state index in [9.17, 15) is 15.0 Å². The number of nitrogens with zero attached hydrogens (tertiary/aromatic N) is 1. The number of likely N-dealkylation sites (tertiary alicyclic amines) is 1. The van der Waals surface area contributed by atoms with Crippen molar-refractivity contribution < 1.29 is 15.0 Å².